The normalized spacial score (nSPS) is 16.1. The summed E-state index contributed by atoms with van der Waals surface area (Å²) in [6.45, 7) is -0.0287. The predicted molar refractivity (Wildman–Crippen MR) is 90.8 cm³/mol. The lowest BCUT2D eigenvalue weighted by Gasteiger charge is -2.26. The van der Waals surface area contributed by atoms with Gasteiger partial charge in [0.25, 0.3) is 5.91 Å². The van der Waals surface area contributed by atoms with Crippen molar-refractivity contribution in [2.45, 2.75) is 12.3 Å². The van der Waals surface area contributed by atoms with E-state index >= 15 is 0 Å². The van der Waals surface area contributed by atoms with Gasteiger partial charge in [0.05, 0.1) is 16.9 Å². The zero-order chi connectivity index (χ0) is 18.9. The molecule has 1 atom stereocenters. The Bertz CT molecular complexity index is 822. The number of hydrogen-bond donors (Lipinski definition) is 1. The molecule has 0 fully saturated rings. The highest BCUT2D eigenvalue weighted by Gasteiger charge is 2.32. The second-order valence-electron chi connectivity index (χ2n) is 5.98. The van der Waals surface area contributed by atoms with Gasteiger partial charge in [-0.1, -0.05) is 12.1 Å². The molecule has 1 amide bonds. The van der Waals surface area contributed by atoms with Gasteiger partial charge in [-0.3, -0.25) is 4.79 Å². The number of benzene rings is 2. The van der Waals surface area contributed by atoms with Crippen molar-refractivity contribution in [3.63, 3.8) is 0 Å². The molecule has 26 heavy (non-hydrogen) atoms. The molecule has 1 aliphatic rings. The van der Waals surface area contributed by atoms with Crippen LogP contribution in [0.3, 0.4) is 0 Å². The topological polar surface area (TPSA) is 50.8 Å². The number of carbonyl (C=O) groups is 1. The average Bonchev–Trinajstić information content (AvgIpc) is 2.60. The van der Waals surface area contributed by atoms with Gasteiger partial charge < -0.3 is 19.7 Å². The highest BCUT2D eigenvalue weighted by atomic mass is 19.4. The first kappa shape index (κ1) is 17.9. The second kappa shape index (κ2) is 6.78. The lowest BCUT2D eigenvalue weighted by Crippen LogP contribution is -2.40. The third-order valence-corrected chi connectivity index (χ3v) is 3.86. The van der Waals surface area contributed by atoms with E-state index in [0.717, 1.165) is 12.1 Å². The molecule has 0 spiro atoms. The lowest BCUT2D eigenvalue weighted by atomic mass is 10.1. The van der Waals surface area contributed by atoms with Gasteiger partial charge in [0, 0.05) is 14.1 Å². The quantitative estimate of drug-likeness (QED) is 0.903. The van der Waals surface area contributed by atoms with Crippen molar-refractivity contribution in [1.82, 2.24) is 0 Å². The molecular formula is C18H17F3N2O3. The summed E-state index contributed by atoms with van der Waals surface area (Å²) in [5, 5.41) is 2.52. The number of para-hydroxylation sites is 2. The van der Waals surface area contributed by atoms with Crippen molar-refractivity contribution in [3.05, 3.63) is 48.0 Å². The predicted octanol–water partition coefficient (Wildman–Crippen LogP) is 3.55. The Hall–Kier alpha value is -2.90. The van der Waals surface area contributed by atoms with Crippen LogP contribution in [0.4, 0.5) is 24.5 Å². The Kier molecular flexibility index (Phi) is 4.67. The SMILES string of the molecule is CN(C)c1ccc(C(F)(F)F)cc1NC(=O)C1COc2ccccc2O1. The summed E-state index contributed by atoms with van der Waals surface area (Å²) >= 11 is 0. The van der Waals surface area contributed by atoms with E-state index in [9.17, 15) is 18.0 Å². The number of alkyl halides is 3. The Labute approximate surface area is 148 Å². The average molecular weight is 366 g/mol. The molecule has 0 radical (unpaired) electrons. The molecule has 0 bridgehead atoms. The molecule has 5 nitrogen and oxygen atoms in total. The maximum Gasteiger partial charge on any atom is 0.416 e. The molecule has 0 aliphatic carbocycles. The molecule has 0 aromatic heterocycles. The number of ether oxygens (including phenoxy) is 2. The summed E-state index contributed by atoms with van der Waals surface area (Å²) < 4.78 is 50.0. The molecule has 2 aromatic rings. The highest BCUT2D eigenvalue weighted by Crippen LogP contribution is 2.35. The van der Waals surface area contributed by atoms with Gasteiger partial charge in [0.1, 0.15) is 6.61 Å². The van der Waals surface area contributed by atoms with Crippen LogP contribution >= 0.6 is 0 Å². The number of nitrogens with zero attached hydrogens (tertiary/aromatic N) is 1. The molecular weight excluding hydrogens is 349 g/mol. The first-order valence-electron chi connectivity index (χ1n) is 7.83. The van der Waals surface area contributed by atoms with Crippen LogP contribution in [0.2, 0.25) is 0 Å². The minimum Gasteiger partial charge on any atom is -0.485 e. The van der Waals surface area contributed by atoms with Crippen molar-refractivity contribution < 1.29 is 27.4 Å². The van der Waals surface area contributed by atoms with E-state index in [4.69, 9.17) is 9.47 Å². The third kappa shape index (κ3) is 3.68. The third-order valence-electron chi connectivity index (χ3n) is 3.86. The zero-order valence-corrected chi connectivity index (χ0v) is 14.1. The largest absolute Gasteiger partial charge is 0.485 e. The molecule has 8 heteroatoms. The van der Waals surface area contributed by atoms with Gasteiger partial charge in [-0.2, -0.15) is 13.2 Å². The van der Waals surface area contributed by atoms with Gasteiger partial charge in [-0.15, -0.1) is 0 Å². The molecule has 0 saturated carbocycles. The number of carbonyl (C=O) groups excluding carboxylic acids is 1. The molecule has 1 unspecified atom stereocenters. The van der Waals surface area contributed by atoms with Gasteiger partial charge in [0.15, 0.2) is 11.5 Å². The van der Waals surface area contributed by atoms with Gasteiger partial charge >= 0.3 is 6.18 Å². The van der Waals surface area contributed by atoms with Crippen molar-refractivity contribution in [3.8, 4) is 11.5 Å². The number of fused-ring (bicyclic) bond motifs is 1. The highest BCUT2D eigenvalue weighted by molar-refractivity contribution is 5.97. The van der Waals surface area contributed by atoms with Crippen molar-refractivity contribution in [1.29, 1.82) is 0 Å². The van der Waals surface area contributed by atoms with Crippen LogP contribution in [0.1, 0.15) is 5.56 Å². The van der Waals surface area contributed by atoms with E-state index in [0.29, 0.717) is 17.2 Å². The van der Waals surface area contributed by atoms with E-state index in [2.05, 4.69) is 5.32 Å². The maximum atomic E-state index is 13.0. The number of amides is 1. The fraction of sp³-hybridized carbons (Fsp3) is 0.278. The first-order chi connectivity index (χ1) is 12.3. The van der Waals surface area contributed by atoms with Crippen LogP contribution in [0.5, 0.6) is 11.5 Å². The summed E-state index contributed by atoms with van der Waals surface area (Å²) in [7, 11) is 3.35. The molecule has 1 N–H and O–H groups in total. The lowest BCUT2D eigenvalue weighted by molar-refractivity contribution is -0.137. The fourth-order valence-corrected chi connectivity index (χ4v) is 2.56. The number of anilines is 2. The molecule has 1 aliphatic heterocycles. The Morgan fingerprint density at radius 1 is 1.15 bits per heavy atom. The van der Waals surface area contributed by atoms with E-state index in [1.165, 1.54) is 6.07 Å². The summed E-state index contributed by atoms with van der Waals surface area (Å²) in [5.41, 5.74) is -0.342. The minimum atomic E-state index is -4.51. The van der Waals surface area contributed by atoms with Crippen LogP contribution in [-0.4, -0.2) is 32.7 Å². The van der Waals surface area contributed by atoms with Crippen LogP contribution in [0, 0.1) is 0 Å². The van der Waals surface area contributed by atoms with E-state index in [1.807, 2.05) is 0 Å². The van der Waals surface area contributed by atoms with Gasteiger partial charge in [-0.25, -0.2) is 0 Å². The molecule has 138 valence electrons. The van der Waals surface area contributed by atoms with Crippen molar-refractivity contribution in [2.24, 2.45) is 0 Å². The summed E-state index contributed by atoms with van der Waals surface area (Å²) in [4.78, 5) is 14.1. The van der Waals surface area contributed by atoms with E-state index in [-0.39, 0.29) is 12.3 Å². The summed E-state index contributed by atoms with van der Waals surface area (Å²) in [5.74, 6) is 0.349. The Balaban J connectivity index is 1.83. The Morgan fingerprint density at radius 2 is 1.85 bits per heavy atom. The monoisotopic (exact) mass is 366 g/mol. The smallest absolute Gasteiger partial charge is 0.416 e. The molecule has 3 rings (SSSR count). The number of rotatable bonds is 3. The number of nitrogens with one attached hydrogen (secondary N) is 1. The van der Waals surface area contributed by atoms with E-state index < -0.39 is 23.8 Å². The second-order valence-corrected chi connectivity index (χ2v) is 5.98. The molecule has 1 heterocycles. The van der Waals surface area contributed by atoms with Crippen molar-refractivity contribution in [2.75, 3.05) is 30.9 Å². The van der Waals surface area contributed by atoms with Gasteiger partial charge in [0.2, 0.25) is 6.10 Å². The van der Waals surface area contributed by atoms with Crippen molar-refractivity contribution >= 4 is 17.3 Å². The van der Waals surface area contributed by atoms with E-state index in [1.54, 1.807) is 43.3 Å². The zero-order valence-electron chi connectivity index (χ0n) is 14.1. The number of hydrogen-bond acceptors (Lipinski definition) is 4. The standard InChI is InChI=1S/C18H17F3N2O3/c1-23(2)13-8-7-11(18(19,20)21)9-12(13)22-17(24)16-10-25-14-5-3-4-6-15(14)26-16/h3-9,16H,10H2,1-2H3,(H,22,24). The number of halogens is 3. The van der Waals surface area contributed by atoms with Crippen LogP contribution < -0.4 is 19.7 Å². The fourth-order valence-electron chi connectivity index (χ4n) is 2.56. The van der Waals surface area contributed by atoms with Gasteiger partial charge in [-0.05, 0) is 30.3 Å². The summed E-state index contributed by atoms with van der Waals surface area (Å²) in [6.07, 6.45) is -5.47. The van der Waals surface area contributed by atoms with Crippen LogP contribution in [0.25, 0.3) is 0 Å². The first-order valence-corrected chi connectivity index (χ1v) is 7.83. The molecule has 0 saturated heterocycles. The maximum absolute atomic E-state index is 13.0. The summed E-state index contributed by atoms with van der Waals surface area (Å²) in [6, 6.07) is 10.1. The molecule has 2 aromatic carbocycles. The van der Waals surface area contributed by atoms with Crippen LogP contribution in [-0.2, 0) is 11.0 Å². The Morgan fingerprint density at radius 3 is 2.50 bits per heavy atom. The minimum absolute atomic E-state index is 0.0287. The van der Waals surface area contributed by atoms with Crippen LogP contribution in [0.15, 0.2) is 42.5 Å².